The first-order valence-corrected chi connectivity index (χ1v) is 12.1. The van der Waals surface area contributed by atoms with Crippen LogP contribution in [0.4, 0.5) is 5.69 Å². The third-order valence-corrected chi connectivity index (χ3v) is 6.77. The number of amides is 2. The van der Waals surface area contributed by atoms with Crippen molar-refractivity contribution in [2.45, 2.75) is 11.4 Å². The first kappa shape index (κ1) is 23.8. The molecular formula is C24H23N5O5S. The standard InChI is InChI=1S/C24H23N5O5S/c1-25-22(30)16-9-7-15(8-10-16)14-29(2)23(31)18-5-3-4-6-19(18)28-35(33,34)17-11-12-20-21(13-17)27-24(32)26-20/h3-13,28H,14H2,1-2H3,(H,25,30)(H2,26,27,32). The zero-order valence-corrected chi connectivity index (χ0v) is 19.8. The van der Waals surface area contributed by atoms with Crippen LogP contribution < -0.4 is 15.7 Å². The number of carbonyl (C=O) groups is 2. The Labute approximate surface area is 201 Å². The van der Waals surface area contributed by atoms with Crippen LogP contribution in [0.5, 0.6) is 0 Å². The maximum Gasteiger partial charge on any atom is 0.323 e. The second kappa shape index (κ2) is 9.47. The van der Waals surface area contributed by atoms with Crippen molar-refractivity contribution in [3.05, 3.63) is 93.9 Å². The topological polar surface area (TPSA) is 144 Å². The molecule has 3 aromatic carbocycles. The number of H-pyrrole nitrogens is 2. The fourth-order valence-electron chi connectivity index (χ4n) is 3.60. The lowest BCUT2D eigenvalue weighted by molar-refractivity contribution is 0.0785. The van der Waals surface area contributed by atoms with Crippen LogP contribution in [0.25, 0.3) is 11.0 Å². The third kappa shape index (κ3) is 5.09. The Morgan fingerprint density at radius 3 is 2.34 bits per heavy atom. The summed E-state index contributed by atoms with van der Waals surface area (Å²) in [6.07, 6.45) is 0. The summed E-state index contributed by atoms with van der Waals surface area (Å²) in [5.41, 5.74) is 2.01. The highest BCUT2D eigenvalue weighted by atomic mass is 32.2. The largest absolute Gasteiger partial charge is 0.355 e. The molecule has 0 unspecified atom stereocenters. The summed E-state index contributed by atoms with van der Waals surface area (Å²) in [5, 5.41) is 2.55. The van der Waals surface area contributed by atoms with E-state index in [9.17, 15) is 22.8 Å². The molecule has 0 saturated carbocycles. The van der Waals surface area contributed by atoms with Crippen LogP contribution >= 0.6 is 0 Å². The number of nitrogens with one attached hydrogen (secondary N) is 4. The summed E-state index contributed by atoms with van der Waals surface area (Å²) in [6, 6.07) is 17.4. The molecule has 0 radical (unpaired) electrons. The molecule has 0 saturated heterocycles. The van der Waals surface area contributed by atoms with Gasteiger partial charge in [-0.1, -0.05) is 24.3 Å². The Kier molecular flexibility index (Phi) is 6.43. The van der Waals surface area contributed by atoms with Gasteiger partial charge in [0.2, 0.25) is 0 Å². The Hall–Kier alpha value is -4.38. The fraction of sp³-hybridized carbons (Fsp3) is 0.125. The second-order valence-corrected chi connectivity index (χ2v) is 9.56. The molecule has 11 heteroatoms. The number of sulfonamides is 1. The first-order chi connectivity index (χ1) is 16.7. The van der Waals surface area contributed by atoms with Crippen LogP contribution in [0.1, 0.15) is 26.3 Å². The maximum atomic E-state index is 13.2. The monoisotopic (exact) mass is 493 g/mol. The fourth-order valence-corrected chi connectivity index (χ4v) is 4.70. The van der Waals surface area contributed by atoms with Gasteiger partial charge in [-0.05, 0) is 48.0 Å². The average Bonchev–Trinajstić information content (AvgIpc) is 3.23. The minimum atomic E-state index is -4.05. The summed E-state index contributed by atoms with van der Waals surface area (Å²) in [4.78, 5) is 42.8. The Morgan fingerprint density at radius 1 is 0.943 bits per heavy atom. The van der Waals surface area contributed by atoms with Gasteiger partial charge in [-0.2, -0.15) is 0 Å². The van der Waals surface area contributed by atoms with Crippen molar-refractivity contribution < 1.29 is 18.0 Å². The van der Waals surface area contributed by atoms with Crippen molar-refractivity contribution in [2.75, 3.05) is 18.8 Å². The van der Waals surface area contributed by atoms with Gasteiger partial charge >= 0.3 is 5.69 Å². The predicted octanol–water partition coefficient (Wildman–Crippen LogP) is 2.29. The third-order valence-electron chi connectivity index (χ3n) is 5.41. The van der Waals surface area contributed by atoms with Crippen molar-refractivity contribution in [3.8, 4) is 0 Å². The molecule has 4 N–H and O–H groups in total. The van der Waals surface area contributed by atoms with E-state index in [0.717, 1.165) is 5.56 Å². The highest BCUT2D eigenvalue weighted by molar-refractivity contribution is 7.92. The maximum absolute atomic E-state index is 13.2. The highest BCUT2D eigenvalue weighted by Crippen LogP contribution is 2.23. The molecule has 4 rings (SSSR count). The normalized spacial score (nSPS) is 11.3. The summed E-state index contributed by atoms with van der Waals surface area (Å²) in [7, 11) is -0.889. The molecule has 2 amide bonds. The quantitative estimate of drug-likeness (QED) is 0.312. The van der Waals surface area contributed by atoms with Gasteiger partial charge in [0, 0.05) is 26.2 Å². The van der Waals surface area contributed by atoms with Gasteiger partial charge < -0.3 is 20.2 Å². The van der Waals surface area contributed by atoms with Gasteiger partial charge in [-0.3, -0.25) is 14.3 Å². The van der Waals surface area contributed by atoms with Crippen LogP contribution in [-0.2, 0) is 16.6 Å². The number of nitrogens with zero attached hydrogens (tertiary/aromatic N) is 1. The molecule has 1 aromatic heterocycles. The molecule has 4 aromatic rings. The van der Waals surface area contributed by atoms with E-state index in [-0.39, 0.29) is 34.5 Å². The van der Waals surface area contributed by atoms with E-state index in [4.69, 9.17) is 0 Å². The minimum Gasteiger partial charge on any atom is -0.355 e. The van der Waals surface area contributed by atoms with Crippen molar-refractivity contribution in [3.63, 3.8) is 0 Å². The number of carbonyl (C=O) groups excluding carboxylic acids is 2. The number of anilines is 1. The zero-order chi connectivity index (χ0) is 25.2. The lowest BCUT2D eigenvalue weighted by Gasteiger charge is -2.20. The summed E-state index contributed by atoms with van der Waals surface area (Å²) in [5.74, 6) is -0.590. The number of aromatic nitrogens is 2. The molecule has 0 aliphatic heterocycles. The molecule has 10 nitrogen and oxygen atoms in total. The molecule has 0 atom stereocenters. The van der Waals surface area contributed by atoms with Crippen molar-refractivity contribution in [1.29, 1.82) is 0 Å². The van der Waals surface area contributed by atoms with Crippen LogP contribution in [0.2, 0.25) is 0 Å². The molecule has 0 aliphatic carbocycles. The van der Waals surface area contributed by atoms with Crippen molar-refractivity contribution in [2.24, 2.45) is 0 Å². The van der Waals surface area contributed by atoms with E-state index in [1.807, 2.05) is 0 Å². The molecular weight excluding hydrogens is 470 g/mol. The Morgan fingerprint density at radius 2 is 1.63 bits per heavy atom. The number of rotatable bonds is 7. The number of aromatic amines is 2. The van der Waals surface area contributed by atoms with E-state index in [1.54, 1.807) is 50.5 Å². The number of imidazole rings is 1. The lowest BCUT2D eigenvalue weighted by Crippen LogP contribution is -2.27. The Balaban J connectivity index is 1.55. The first-order valence-electron chi connectivity index (χ1n) is 10.6. The van der Waals surface area contributed by atoms with Crippen LogP contribution in [0.3, 0.4) is 0 Å². The zero-order valence-electron chi connectivity index (χ0n) is 19.0. The molecule has 0 aliphatic rings. The smallest absolute Gasteiger partial charge is 0.323 e. The summed E-state index contributed by atoms with van der Waals surface area (Å²) in [6.45, 7) is 0.255. The summed E-state index contributed by atoms with van der Waals surface area (Å²) >= 11 is 0. The average molecular weight is 494 g/mol. The number of para-hydroxylation sites is 1. The predicted molar refractivity (Wildman–Crippen MR) is 132 cm³/mol. The van der Waals surface area contributed by atoms with E-state index >= 15 is 0 Å². The van der Waals surface area contributed by atoms with E-state index in [1.165, 1.54) is 35.2 Å². The van der Waals surface area contributed by atoms with E-state index < -0.39 is 15.7 Å². The van der Waals surface area contributed by atoms with E-state index in [0.29, 0.717) is 16.6 Å². The second-order valence-electron chi connectivity index (χ2n) is 7.87. The molecule has 0 spiro atoms. The van der Waals surface area contributed by atoms with Crippen LogP contribution in [0.15, 0.2) is 76.4 Å². The van der Waals surface area contributed by atoms with Gasteiger partial charge in [0.25, 0.3) is 21.8 Å². The molecule has 0 fully saturated rings. The SMILES string of the molecule is CNC(=O)c1ccc(CN(C)C(=O)c2ccccc2NS(=O)(=O)c2ccc3[nH]c(=O)[nH]c3c2)cc1. The molecule has 180 valence electrons. The lowest BCUT2D eigenvalue weighted by atomic mass is 10.1. The van der Waals surface area contributed by atoms with Gasteiger partial charge in [-0.15, -0.1) is 0 Å². The van der Waals surface area contributed by atoms with Gasteiger partial charge in [-0.25, -0.2) is 13.2 Å². The number of hydrogen-bond acceptors (Lipinski definition) is 5. The molecule has 35 heavy (non-hydrogen) atoms. The van der Waals surface area contributed by atoms with Crippen LogP contribution in [0, 0.1) is 0 Å². The minimum absolute atomic E-state index is 0.0629. The summed E-state index contributed by atoms with van der Waals surface area (Å²) < 4.78 is 28.5. The van der Waals surface area contributed by atoms with Gasteiger partial charge in [0.15, 0.2) is 0 Å². The number of hydrogen-bond donors (Lipinski definition) is 4. The highest BCUT2D eigenvalue weighted by Gasteiger charge is 2.21. The number of benzene rings is 3. The number of fused-ring (bicyclic) bond motifs is 1. The Bertz CT molecular complexity index is 1570. The molecule has 1 heterocycles. The van der Waals surface area contributed by atoms with Crippen molar-refractivity contribution >= 4 is 38.6 Å². The van der Waals surface area contributed by atoms with Crippen LogP contribution in [-0.4, -0.2) is 49.2 Å². The van der Waals surface area contributed by atoms with E-state index in [2.05, 4.69) is 20.0 Å². The molecule has 0 bridgehead atoms. The van der Waals surface area contributed by atoms with Gasteiger partial charge in [0.1, 0.15) is 0 Å². The van der Waals surface area contributed by atoms with Gasteiger partial charge in [0.05, 0.1) is 27.2 Å². The van der Waals surface area contributed by atoms with Crippen molar-refractivity contribution in [1.82, 2.24) is 20.2 Å².